The van der Waals surface area contributed by atoms with E-state index in [9.17, 15) is 9.59 Å². The summed E-state index contributed by atoms with van der Waals surface area (Å²) in [5.74, 6) is 1.77. The van der Waals surface area contributed by atoms with Crippen LogP contribution in [0.1, 0.15) is 31.0 Å². The highest BCUT2D eigenvalue weighted by atomic mass is 32.1. The summed E-state index contributed by atoms with van der Waals surface area (Å²) < 4.78 is 24.1. The molecule has 1 aliphatic rings. The maximum atomic E-state index is 14.1. The molecule has 10 heteroatoms. The third-order valence-corrected chi connectivity index (χ3v) is 7.77. The van der Waals surface area contributed by atoms with Crippen LogP contribution < -0.4 is 39.2 Å². The minimum Gasteiger partial charge on any atom is -0.494 e. The fourth-order valence-corrected chi connectivity index (χ4v) is 5.94. The second-order valence-corrected chi connectivity index (χ2v) is 10.4. The van der Waals surface area contributed by atoms with Crippen LogP contribution in [0.25, 0.3) is 6.08 Å². The molecule has 1 atom stereocenters. The van der Waals surface area contributed by atoms with Crippen LogP contribution in [0, 0.1) is 0 Å². The number of allylic oxidation sites excluding steroid dienone is 1. The van der Waals surface area contributed by atoms with Gasteiger partial charge in [-0.2, -0.15) is 0 Å². The molecule has 0 fully saturated rings. The normalized spacial score (nSPS) is 14.6. The number of rotatable bonds is 9. The van der Waals surface area contributed by atoms with Crippen LogP contribution in [0.15, 0.2) is 87.8 Å². The Balaban J connectivity index is 1.67. The molecule has 1 aliphatic heterocycles. The van der Waals surface area contributed by atoms with Gasteiger partial charge >= 0.3 is 0 Å². The van der Waals surface area contributed by atoms with Crippen LogP contribution in [0.2, 0.25) is 0 Å². The topological polar surface area (TPSA) is 100 Å². The molecule has 1 N–H and O–H groups in total. The molecule has 4 aromatic rings. The predicted octanol–water partition coefficient (Wildman–Crippen LogP) is 4.30. The summed E-state index contributed by atoms with van der Waals surface area (Å²) in [4.78, 5) is 33.0. The highest BCUT2D eigenvalue weighted by Gasteiger charge is 2.32. The van der Waals surface area contributed by atoms with Gasteiger partial charge in [-0.25, -0.2) is 4.99 Å². The van der Waals surface area contributed by atoms with Gasteiger partial charge in [0.2, 0.25) is 5.75 Å². The van der Waals surface area contributed by atoms with Crippen molar-refractivity contribution in [2.75, 3.05) is 33.3 Å². The van der Waals surface area contributed by atoms with Gasteiger partial charge < -0.3 is 24.3 Å². The Bertz CT molecular complexity index is 1800. The molecular weight excluding hydrogens is 554 g/mol. The van der Waals surface area contributed by atoms with E-state index in [-0.39, 0.29) is 11.5 Å². The van der Waals surface area contributed by atoms with Crippen molar-refractivity contribution in [1.29, 1.82) is 0 Å². The maximum absolute atomic E-state index is 14.1. The maximum Gasteiger partial charge on any atom is 0.271 e. The number of nitrogens with zero attached hydrogens (tertiary/aromatic N) is 2. The standard InChI is InChI=1S/C32H31N3O6S/c1-6-41-23-14-12-21(13-15-23)28-27(30(36)34-22-10-8-7-9-11-22)19(2)33-32-35(28)31(37)26(42-32)18-20-16-24(38-3)29(40-5)25(17-20)39-4/h7-18,28H,6H2,1-5H3,(H,34,36)/b26-18-/t28-/m1/s1. The van der Waals surface area contributed by atoms with Crippen LogP contribution >= 0.6 is 11.3 Å². The van der Waals surface area contributed by atoms with Crippen molar-refractivity contribution in [3.63, 3.8) is 0 Å². The number of ether oxygens (including phenoxy) is 4. The van der Waals surface area contributed by atoms with E-state index in [4.69, 9.17) is 23.9 Å². The van der Waals surface area contributed by atoms with Crippen LogP contribution in [-0.4, -0.2) is 38.4 Å². The average molecular weight is 586 g/mol. The van der Waals surface area contributed by atoms with Gasteiger partial charge in [0.1, 0.15) is 5.75 Å². The Morgan fingerprint density at radius 1 is 1.00 bits per heavy atom. The summed E-state index contributed by atoms with van der Waals surface area (Å²) in [6, 6.07) is 19.5. The zero-order chi connectivity index (χ0) is 29.8. The van der Waals surface area contributed by atoms with Crippen molar-refractivity contribution in [2.45, 2.75) is 19.9 Å². The number of benzene rings is 3. The van der Waals surface area contributed by atoms with Gasteiger partial charge in [0.05, 0.1) is 49.8 Å². The van der Waals surface area contributed by atoms with Gasteiger partial charge in [-0.3, -0.25) is 14.2 Å². The molecule has 0 unspecified atom stereocenters. The first-order valence-corrected chi connectivity index (χ1v) is 14.1. The van der Waals surface area contributed by atoms with E-state index >= 15 is 0 Å². The zero-order valence-corrected chi connectivity index (χ0v) is 24.8. The van der Waals surface area contributed by atoms with E-state index in [0.29, 0.717) is 61.5 Å². The van der Waals surface area contributed by atoms with Gasteiger partial charge in [-0.05, 0) is 67.4 Å². The molecule has 1 amide bonds. The fourth-order valence-electron chi connectivity index (χ4n) is 4.90. The molecule has 5 rings (SSSR count). The number of para-hydroxylation sites is 1. The fraction of sp³-hybridized carbons (Fsp3) is 0.219. The van der Waals surface area contributed by atoms with Crippen LogP contribution in [0.3, 0.4) is 0 Å². The van der Waals surface area contributed by atoms with Crippen molar-refractivity contribution in [2.24, 2.45) is 4.99 Å². The molecule has 42 heavy (non-hydrogen) atoms. The molecule has 0 saturated heterocycles. The van der Waals surface area contributed by atoms with Crippen molar-refractivity contribution in [1.82, 2.24) is 4.57 Å². The largest absolute Gasteiger partial charge is 0.494 e. The number of fused-ring (bicyclic) bond motifs is 1. The minimum absolute atomic E-state index is 0.274. The number of thiazole rings is 1. The van der Waals surface area contributed by atoms with Gasteiger partial charge in [0, 0.05) is 5.69 Å². The van der Waals surface area contributed by atoms with E-state index in [1.165, 1.54) is 32.7 Å². The molecule has 216 valence electrons. The van der Waals surface area contributed by atoms with E-state index in [1.807, 2.05) is 61.5 Å². The van der Waals surface area contributed by atoms with Crippen molar-refractivity contribution in [3.05, 3.63) is 109 Å². The van der Waals surface area contributed by atoms with Gasteiger partial charge in [-0.1, -0.05) is 41.7 Å². The molecule has 2 heterocycles. The molecule has 1 aromatic heterocycles. The summed E-state index contributed by atoms with van der Waals surface area (Å²) in [5.41, 5.74) is 2.73. The van der Waals surface area contributed by atoms with Crippen molar-refractivity contribution < 1.29 is 23.7 Å². The number of methoxy groups -OCH3 is 3. The summed E-state index contributed by atoms with van der Waals surface area (Å²) in [6.07, 6.45) is 1.76. The summed E-state index contributed by atoms with van der Waals surface area (Å²) in [5, 5.41) is 2.97. The van der Waals surface area contributed by atoms with E-state index < -0.39 is 6.04 Å². The van der Waals surface area contributed by atoms with E-state index in [2.05, 4.69) is 5.32 Å². The number of nitrogens with one attached hydrogen (secondary N) is 1. The molecule has 0 aliphatic carbocycles. The Morgan fingerprint density at radius 2 is 1.67 bits per heavy atom. The molecule has 9 nitrogen and oxygen atoms in total. The summed E-state index contributed by atoms with van der Waals surface area (Å²) in [6.45, 7) is 4.23. The van der Waals surface area contributed by atoms with Crippen molar-refractivity contribution >= 4 is 29.0 Å². The number of aromatic nitrogens is 1. The van der Waals surface area contributed by atoms with Crippen molar-refractivity contribution in [3.8, 4) is 23.0 Å². The smallest absolute Gasteiger partial charge is 0.271 e. The van der Waals surface area contributed by atoms with E-state index in [1.54, 1.807) is 29.7 Å². The van der Waals surface area contributed by atoms with Gasteiger partial charge in [0.15, 0.2) is 16.3 Å². The predicted molar refractivity (Wildman–Crippen MR) is 163 cm³/mol. The monoisotopic (exact) mass is 585 g/mol. The number of amides is 1. The Labute approximate surface area is 247 Å². The second kappa shape index (κ2) is 12.4. The lowest BCUT2D eigenvalue weighted by atomic mass is 9.95. The third-order valence-electron chi connectivity index (χ3n) is 6.79. The number of carbonyl (C=O) groups excluding carboxylic acids is 1. The lowest BCUT2D eigenvalue weighted by molar-refractivity contribution is -0.113. The van der Waals surface area contributed by atoms with Crippen LogP contribution in [0.4, 0.5) is 5.69 Å². The SMILES string of the molecule is CCOc1ccc([C@@H]2C(C(=O)Nc3ccccc3)=C(C)N=c3s/c(=C\c4cc(OC)c(OC)c(OC)c4)c(=O)n32)cc1. The Hall–Kier alpha value is -4.83. The highest BCUT2D eigenvalue weighted by Crippen LogP contribution is 2.38. The molecule has 0 spiro atoms. The molecule has 0 radical (unpaired) electrons. The molecule has 0 bridgehead atoms. The molecule has 0 saturated carbocycles. The lowest BCUT2D eigenvalue weighted by Gasteiger charge is -2.25. The number of hydrogen-bond donors (Lipinski definition) is 1. The Kier molecular flexibility index (Phi) is 8.44. The van der Waals surface area contributed by atoms with Gasteiger partial charge in [-0.15, -0.1) is 0 Å². The quantitative estimate of drug-likeness (QED) is 0.315. The van der Waals surface area contributed by atoms with Crippen LogP contribution in [-0.2, 0) is 4.79 Å². The average Bonchev–Trinajstić information content (AvgIpc) is 3.30. The third kappa shape index (κ3) is 5.53. The Morgan fingerprint density at radius 3 is 2.26 bits per heavy atom. The minimum atomic E-state index is -0.706. The number of anilines is 1. The van der Waals surface area contributed by atoms with E-state index in [0.717, 1.165) is 5.56 Å². The first-order chi connectivity index (χ1) is 20.4. The highest BCUT2D eigenvalue weighted by molar-refractivity contribution is 7.07. The number of hydrogen-bond acceptors (Lipinski definition) is 8. The van der Waals surface area contributed by atoms with Crippen LogP contribution in [0.5, 0.6) is 23.0 Å². The number of carbonyl (C=O) groups is 1. The summed E-state index contributed by atoms with van der Waals surface area (Å²) in [7, 11) is 4.61. The molecular formula is C32H31N3O6S. The van der Waals surface area contributed by atoms with Gasteiger partial charge in [0.25, 0.3) is 11.5 Å². The second-order valence-electron chi connectivity index (χ2n) is 9.36. The lowest BCUT2D eigenvalue weighted by Crippen LogP contribution is -2.40. The zero-order valence-electron chi connectivity index (χ0n) is 24.0. The first kappa shape index (κ1) is 28.7. The summed E-state index contributed by atoms with van der Waals surface area (Å²) >= 11 is 1.25. The molecule has 3 aromatic carbocycles. The first-order valence-electron chi connectivity index (χ1n) is 13.3.